The van der Waals surface area contributed by atoms with Gasteiger partial charge in [-0.25, -0.2) is 4.98 Å². The first kappa shape index (κ1) is 21.1. The molecule has 0 radical (unpaired) electrons. The maximum atomic E-state index is 13.1. The molecule has 1 aliphatic heterocycles. The lowest BCUT2D eigenvalue weighted by Crippen LogP contribution is -2.43. The fourth-order valence-electron chi connectivity index (χ4n) is 4.00. The standard InChI is InChI=1S/C22H33N5O2/c1-6-8-9-10-11-14-26-18(7-2)24-21-20(26)22(28)25(4)15-27(21)19-16(3)23-13-12-17(19)29-5/h12-13H,6-11,14-15H2,1-5H3. The molecule has 0 spiro atoms. The number of nitrogens with zero attached hydrogens (tertiary/aromatic N) is 5. The largest absolute Gasteiger partial charge is 0.494 e. The molecule has 0 N–H and O–H groups in total. The molecule has 3 heterocycles. The van der Waals surface area contributed by atoms with E-state index in [0.717, 1.165) is 42.3 Å². The van der Waals surface area contributed by atoms with E-state index in [1.165, 1.54) is 25.7 Å². The minimum absolute atomic E-state index is 0.0255. The number of aromatic nitrogens is 3. The van der Waals surface area contributed by atoms with Crippen molar-refractivity contribution in [2.75, 3.05) is 25.7 Å². The van der Waals surface area contributed by atoms with Gasteiger partial charge in [-0.2, -0.15) is 0 Å². The zero-order chi connectivity index (χ0) is 21.0. The van der Waals surface area contributed by atoms with E-state index < -0.39 is 0 Å². The highest BCUT2D eigenvalue weighted by atomic mass is 16.5. The average Bonchev–Trinajstić information content (AvgIpc) is 3.09. The Hall–Kier alpha value is -2.57. The number of ether oxygens (including phenoxy) is 1. The Kier molecular flexibility index (Phi) is 6.77. The minimum atomic E-state index is 0.0255. The van der Waals surface area contributed by atoms with Gasteiger partial charge in [-0.1, -0.05) is 39.5 Å². The number of aryl methyl sites for hydroxylation is 2. The van der Waals surface area contributed by atoms with Crippen molar-refractivity contribution < 1.29 is 9.53 Å². The Labute approximate surface area is 173 Å². The molecule has 2 aromatic rings. The molecule has 0 saturated carbocycles. The summed E-state index contributed by atoms with van der Waals surface area (Å²) in [5.74, 6) is 2.43. The summed E-state index contributed by atoms with van der Waals surface area (Å²) in [4.78, 5) is 26.3. The van der Waals surface area contributed by atoms with Crippen LogP contribution in [0.1, 0.15) is 68.0 Å². The molecule has 158 valence electrons. The number of unbranched alkanes of at least 4 members (excludes halogenated alkanes) is 4. The Balaban J connectivity index is 2.02. The highest BCUT2D eigenvalue weighted by Gasteiger charge is 2.36. The van der Waals surface area contributed by atoms with Gasteiger partial charge in [0.2, 0.25) is 0 Å². The number of imidazole rings is 1. The number of pyridine rings is 1. The van der Waals surface area contributed by atoms with Crippen molar-refractivity contribution in [1.29, 1.82) is 0 Å². The topological polar surface area (TPSA) is 63.5 Å². The summed E-state index contributed by atoms with van der Waals surface area (Å²) in [5, 5.41) is 0. The molecule has 0 atom stereocenters. The van der Waals surface area contributed by atoms with Crippen LogP contribution in [0.15, 0.2) is 12.3 Å². The zero-order valence-corrected chi connectivity index (χ0v) is 18.4. The van der Waals surface area contributed by atoms with Crippen LogP contribution in [0, 0.1) is 6.92 Å². The van der Waals surface area contributed by atoms with Crippen LogP contribution in [-0.2, 0) is 13.0 Å². The van der Waals surface area contributed by atoms with Gasteiger partial charge in [0.1, 0.15) is 17.3 Å². The van der Waals surface area contributed by atoms with Crippen LogP contribution in [0.3, 0.4) is 0 Å². The number of hydrogen-bond acceptors (Lipinski definition) is 5. The first-order valence-electron chi connectivity index (χ1n) is 10.6. The van der Waals surface area contributed by atoms with E-state index in [1.807, 2.05) is 20.0 Å². The molecule has 7 heteroatoms. The van der Waals surface area contributed by atoms with Crippen LogP contribution in [0.4, 0.5) is 11.5 Å². The van der Waals surface area contributed by atoms with Crippen LogP contribution < -0.4 is 9.64 Å². The van der Waals surface area contributed by atoms with Crippen molar-refractivity contribution in [3.63, 3.8) is 0 Å². The Morgan fingerprint density at radius 3 is 2.62 bits per heavy atom. The van der Waals surface area contributed by atoms with Crippen molar-refractivity contribution in [2.45, 2.75) is 65.8 Å². The number of fused-ring (bicyclic) bond motifs is 1. The van der Waals surface area contributed by atoms with Gasteiger partial charge in [0.05, 0.1) is 19.5 Å². The molecule has 29 heavy (non-hydrogen) atoms. The molecule has 0 aromatic carbocycles. The molecule has 0 fully saturated rings. The first-order chi connectivity index (χ1) is 14.0. The molecular weight excluding hydrogens is 366 g/mol. The lowest BCUT2D eigenvalue weighted by Gasteiger charge is -2.35. The third kappa shape index (κ3) is 4.09. The lowest BCUT2D eigenvalue weighted by atomic mass is 10.1. The maximum absolute atomic E-state index is 13.1. The number of hydrogen-bond donors (Lipinski definition) is 0. The summed E-state index contributed by atoms with van der Waals surface area (Å²) in [6.07, 6.45) is 8.49. The van der Waals surface area contributed by atoms with Crippen molar-refractivity contribution in [3.05, 3.63) is 29.5 Å². The van der Waals surface area contributed by atoms with Crippen molar-refractivity contribution in [1.82, 2.24) is 19.4 Å². The van der Waals surface area contributed by atoms with Crippen molar-refractivity contribution >= 4 is 17.4 Å². The van der Waals surface area contributed by atoms with E-state index in [2.05, 4.69) is 28.3 Å². The average molecular weight is 400 g/mol. The summed E-state index contributed by atoms with van der Waals surface area (Å²) in [6, 6.07) is 1.85. The number of methoxy groups -OCH3 is 1. The Morgan fingerprint density at radius 1 is 1.17 bits per heavy atom. The second kappa shape index (κ2) is 9.29. The van der Waals surface area contributed by atoms with Gasteiger partial charge in [0.25, 0.3) is 5.91 Å². The third-order valence-corrected chi connectivity index (χ3v) is 5.55. The SMILES string of the molecule is CCCCCCCn1c(CC)nc2c1C(=O)N(C)CN2c1c(OC)ccnc1C. The normalized spacial score (nSPS) is 13.8. The van der Waals surface area contributed by atoms with Gasteiger partial charge in [-0.3, -0.25) is 9.78 Å². The fraction of sp³-hybridized carbons (Fsp3) is 0.591. The number of anilines is 2. The molecule has 1 amide bonds. The van der Waals surface area contributed by atoms with Gasteiger partial charge >= 0.3 is 0 Å². The van der Waals surface area contributed by atoms with Gasteiger partial charge in [-0.15, -0.1) is 0 Å². The molecule has 3 rings (SSSR count). The molecule has 0 bridgehead atoms. The van der Waals surface area contributed by atoms with E-state index >= 15 is 0 Å². The van der Waals surface area contributed by atoms with Crippen LogP contribution in [0.25, 0.3) is 0 Å². The Morgan fingerprint density at radius 2 is 1.93 bits per heavy atom. The maximum Gasteiger partial charge on any atom is 0.275 e. The number of carbonyl (C=O) groups is 1. The monoisotopic (exact) mass is 399 g/mol. The van der Waals surface area contributed by atoms with E-state index in [9.17, 15) is 4.79 Å². The van der Waals surface area contributed by atoms with Gasteiger partial charge in [-0.05, 0) is 13.3 Å². The molecule has 2 aromatic heterocycles. The summed E-state index contributed by atoms with van der Waals surface area (Å²) in [7, 11) is 3.49. The van der Waals surface area contributed by atoms with E-state index in [1.54, 1.807) is 18.2 Å². The summed E-state index contributed by atoms with van der Waals surface area (Å²) in [6.45, 7) is 7.52. The van der Waals surface area contributed by atoms with E-state index in [4.69, 9.17) is 9.72 Å². The highest BCUT2D eigenvalue weighted by Crippen LogP contribution is 2.39. The smallest absolute Gasteiger partial charge is 0.275 e. The minimum Gasteiger partial charge on any atom is -0.494 e. The first-order valence-corrected chi connectivity index (χ1v) is 10.6. The van der Waals surface area contributed by atoms with Crippen LogP contribution in [0.2, 0.25) is 0 Å². The highest BCUT2D eigenvalue weighted by molar-refractivity contribution is 6.00. The number of amides is 1. The Bertz CT molecular complexity index is 861. The summed E-state index contributed by atoms with van der Waals surface area (Å²) < 4.78 is 7.73. The summed E-state index contributed by atoms with van der Waals surface area (Å²) >= 11 is 0. The van der Waals surface area contributed by atoms with E-state index in [-0.39, 0.29) is 5.91 Å². The number of carbonyl (C=O) groups excluding carboxylic acids is 1. The summed E-state index contributed by atoms with van der Waals surface area (Å²) in [5.41, 5.74) is 2.40. The van der Waals surface area contributed by atoms with Crippen molar-refractivity contribution in [2.24, 2.45) is 0 Å². The lowest BCUT2D eigenvalue weighted by molar-refractivity contribution is 0.0775. The van der Waals surface area contributed by atoms with Crippen LogP contribution >= 0.6 is 0 Å². The molecule has 0 saturated heterocycles. The quantitative estimate of drug-likeness (QED) is 0.588. The number of rotatable bonds is 9. The van der Waals surface area contributed by atoms with E-state index in [0.29, 0.717) is 18.2 Å². The third-order valence-electron chi connectivity index (χ3n) is 5.55. The predicted molar refractivity (Wildman–Crippen MR) is 115 cm³/mol. The second-order valence-electron chi connectivity index (χ2n) is 7.64. The van der Waals surface area contributed by atoms with Crippen LogP contribution in [0.5, 0.6) is 5.75 Å². The second-order valence-corrected chi connectivity index (χ2v) is 7.64. The zero-order valence-electron chi connectivity index (χ0n) is 18.4. The van der Waals surface area contributed by atoms with Gasteiger partial charge in [0.15, 0.2) is 11.5 Å². The molecule has 0 unspecified atom stereocenters. The predicted octanol–water partition coefficient (Wildman–Crippen LogP) is 4.31. The van der Waals surface area contributed by atoms with Crippen LogP contribution in [-0.4, -0.2) is 46.2 Å². The molecule has 0 aliphatic carbocycles. The molecule has 1 aliphatic rings. The van der Waals surface area contributed by atoms with Crippen molar-refractivity contribution in [3.8, 4) is 5.75 Å². The molecule has 7 nitrogen and oxygen atoms in total. The fourth-order valence-corrected chi connectivity index (χ4v) is 4.00. The van der Waals surface area contributed by atoms with Gasteiger partial charge < -0.3 is 19.1 Å². The van der Waals surface area contributed by atoms with Gasteiger partial charge in [0, 0.05) is 32.3 Å². The molecular formula is C22H33N5O2.